The van der Waals surface area contributed by atoms with Crippen LogP contribution in [-0.4, -0.2) is 11.2 Å². The van der Waals surface area contributed by atoms with E-state index in [0.29, 0.717) is 0 Å². The lowest BCUT2D eigenvalue weighted by molar-refractivity contribution is 0.204. The van der Waals surface area contributed by atoms with Crippen LogP contribution in [0, 0.1) is 0 Å². The van der Waals surface area contributed by atoms with E-state index in [4.69, 9.17) is 5.11 Å². The largest absolute Gasteiger partial charge is 0.389 e. The van der Waals surface area contributed by atoms with Gasteiger partial charge >= 0.3 is 0 Å². The first-order chi connectivity index (χ1) is 3.79. The van der Waals surface area contributed by atoms with Crippen LogP contribution in [0.3, 0.4) is 0 Å². The number of allylic oxidation sites excluding steroid dienone is 1. The van der Waals surface area contributed by atoms with Crippen LogP contribution >= 0.6 is 22.6 Å². The fraction of sp³-hybridized carbons (Fsp3) is 0.667. The number of hydrogen-bond acceptors (Lipinski definition) is 1. The summed E-state index contributed by atoms with van der Waals surface area (Å²) in [5, 5.41) is 9.00. The van der Waals surface area contributed by atoms with Crippen molar-refractivity contribution in [2.45, 2.75) is 25.4 Å². The van der Waals surface area contributed by atoms with Gasteiger partial charge in [-0.2, -0.15) is 0 Å². The van der Waals surface area contributed by atoms with E-state index in [-0.39, 0.29) is 6.10 Å². The molecule has 1 nitrogen and oxygen atoms in total. The van der Waals surface area contributed by atoms with E-state index in [1.807, 2.05) is 6.08 Å². The molecule has 1 unspecified atom stereocenters. The summed E-state index contributed by atoms with van der Waals surface area (Å²) in [4.78, 5) is 0. The summed E-state index contributed by atoms with van der Waals surface area (Å²) in [6, 6.07) is 0. The van der Waals surface area contributed by atoms with Crippen molar-refractivity contribution in [3.05, 3.63) is 9.66 Å². The van der Waals surface area contributed by atoms with Crippen molar-refractivity contribution in [2.24, 2.45) is 0 Å². The highest BCUT2D eigenvalue weighted by molar-refractivity contribution is 14.1. The molecule has 0 saturated heterocycles. The molecule has 1 aliphatic rings. The quantitative estimate of drug-likeness (QED) is 0.622. The molecule has 2 heteroatoms. The summed E-state index contributed by atoms with van der Waals surface area (Å²) in [6.45, 7) is 0. The maximum atomic E-state index is 9.00. The Morgan fingerprint density at radius 2 is 2.50 bits per heavy atom. The van der Waals surface area contributed by atoms with Gasteiger partial charge in [0.05, 0.1) is 6.10 Å². The van der Waals surface area contributed by atoms with Crippen molar-refractivity contribution in [3.8, 4) is 0 Å². The van der Waals surface area contributed by atoms with Gasteiger partial charge in [-0.25, -0.2) is 0 Å². The van der Waals surface area contributed by atoms with Gasteiger partial charge in [0.1, 0.15) is 0 Å². The lowest BCUT2D eigenvalue weighted by atomic mass is 10.1. The minimum absolute atomic E-state index is 0.157. The van der Waals surface area contributed by atoms with Gasteiger partial charge in [-0.15, -0.1) is 0 Å². The van der Waals surface area contributed by atoms with Gasteiger partial charge in [-0.3, -0.25) is 0 Å². The van der Waals surface area contributed by atoms with Crippen LogP contribution in [-0.2, 0) is 0 Å². The Bertz CT molecular complexity index is 109. The van der Waals surface area contributed by atoms with E-state index in [1.165, 1.54) is 3.58 Å². The molecule has 0 aromatic rings. The maximum absolute atomic E-state index is 9.00. The van der Waals surface area contributed by atoms with Gasteiger partial charge in [-0.1, -0.05) is 0 Å². The highest BCUT2D eigenvalue weighted by Crippen LogP contribution is 2.22. The number of rotatable bonds is 0. The van der Waals surface area contributed by atoms with Crippen LogP contribution in [0.15, 0.2) is 9.66 Å². The molecule has 0 radical (unpaired) electrons. The second-order valence-electron chi connectivity index (χ2n) is 2.07. The Hall–Kier alpha value is 0.430. The third kappa shape index (κ3) is 1.74. The first kappa shape index (κ1) is 6.55. The summed E-state index contributed by atoms with van der Waals surface area (Å²) in [5.41, 5.74) is 0. The molecule has 8 heavy (non-hydrogen) atoms. The van der Waals surface area contributed by atoms with Crippen molar-refractivity contribution in [1.29, 1.82) is 0 Å². The molecular weight excluding hydrogens is 215 g/mol. The van der Waals surface area contributed by atoms with Crippen LogP contribution in [0.5, 0.6) is 0 Å². The van der Waals surface area contributed by atoms with Crippen molar-refractivity contribution in [1.82, 2.24) is 0 Å². The highest BCUT2D eigenvalue weighted by Gasteiger charge is 2.06. The zero-order valence-electron chi connectivity index (χ0n) is 4.60. The molecule has 1 atom stereocenters. The van der Waals surface area contributed by atoms with E-state index in [9.17, 15) is 0 Å². The van der Waals surface area contributed by atoms with Crippen LogP contribution < -0.4 is 0 Å². The molecule has 0 amide bonds. The fourth-order valence-corrected chi connectivity index (χ4v) is 1.65. The van der Waals surface area contributed by atoms with Gasteiger partial charge in [0.15, 0.2) is 0 Å². The lowest BCUT2D eigenvalue weighted by Crippen LogP contribution is -2.06. The number of aliphatic hydroxyl groups excluding tert-OH is 1. The van der Waals surface area contributed by atoms with E-state index < -0.39 is 0 Å². The zero-order chi connectivity index (χ0) is 5.98. The predicted molar refractivity (Wildman–Crippen MR) is 42.0 cm³/mol. The van der Waals surface area contributed by atoms with Crippen LogP contribution in [0.4, 0.5) is 0 Å². The molecule has 0 spiro atoms. The minimum Gasteiger partial charge on any atom is -0.389 e. The Labute approximate surface area is 62.9 Å². The van der Waals surface area contributed by atoms with Crippen LogP contribution in [0.1, 0.15) is 19.3 Å². The van der Waals surface area contributed by atoms with Crippen molar-refractivity contribution in [3.63, 3.8) is 0 Å². The lowest BCUT2D eigenvalue weighted by Gasteiger charge is -2.11. The monoisotopic (exact) mass is 224 g/mol. The second-order valence-corrected chi connectivity index (χ2v) is 3.46. The molecular formula is C6H9IO. The van der Waals surface area contributed by atoms with Gasteiger partial charge in [0.25, 0.3) is 0 Å². The average Bonchev–Trinajstić information content (AvgIpc) is 1.64. The molecule has 0 saturated carbocycles. The minimum atomic E-state index is -0.157. The third-order valence-corrected chi connectivity index (χ3v) is 2.19. The Morgan fingerprint density at radius 3 is 2.88 bits per heavy atom. The number of aliphatic hydroxyl groups is 1. The maximum Gasteiger partial charge on any atom is 0.0731 e. The Kier molecular flexibility index (Phi) is 2.31. The SMILES string of the molecule is OC1C=C(I)CCC1. The number of hydrogen-bond donors (Lipinski definition) is 1. The predicted octanol–water partition coefficient (Wildman–Crippen LogP) is 1.85. The molecule has 0 bridgehead atoms. The summed E-state index contributed by atoms with van der Waals surface area (Å²) in [5.74, 6) is 0. The van der Waals surface area contributed by atoms with E-state index in [0.717, 1.165) is 19.3 Å². The summed E-state index contributed by atoms with van der Waals surface area (Å²) >= 11 is 2.27. The topological polar surface area (TPSA) is 20.2 Å². The number of halogens is 1. The van der Waals surface area contributed by atoms with Crippen molar-refractivity contribution in [2.75, 3.05) is 0 Å². The molecule has 1 N–H and O–H groups in total. The van der Waals surface area contributed by atoms with Gasteiger partial charge in [-0.05, 0) is 51.5 Å². The van der Waals surface area contributed by atoms with Gasteiger partial charge < -0.3 is 5.11 Å². The second kappa shape index (κ2) is 2.82. The molecule has 0 fully saturated rings. The highest BCUT2D eigenvalue weighted by atomic mass is 127. The Balaban J connectivity index is 2.50. The normalized spacial score (nSPS) is 29.8. The molecule has 1 rings (SSSR count). The van der Waals surface area contributed by atoms with Crippen LogP contribution in [0.2, 0.25) is 0 Å². The van der Waals surface area contributed by atoms with E-state index in [1.54, 1.807) is 0 Å². The van der Waals surface area contributed by atoms with Crippen molar-refractivity contribution < 1.29 is 5.11 Å². The fourth-order valence-electron chi connectivity index (χ4n) is 0.855. The molecule has 1 aliphatic carbocycles. The Morgan fingerprint density at radius 1 is 1.75 bits per heavy atom. The first-order valence-electron chi connectivity index (χ1n) is 2.83. The van der Waals surface area contributed by atoms with E-state index in [2.05, 4.69) is 22.6 Å². The zero-order valence-corrected chi connectivity index (χ0v) is 6.76. The van der Waals surface area contributed by atoms with Gasteiger partial charge in [0, 0.05) is 0 Å². The molecule has 46 valence electrons. The van der Waals surface area contributed by atoms with Gasteiger partial charge in [0.2, 0.25) is 0 Å². The summed E-state index contributed by atoms with van der Waals surface area (Å²) in [7, 11) is 0. The average molecular weight is 224 g/mol. The third-order valence-electron chi connectivity index (χ3n) is 1.29. The molecule has 0 aliphatic heterocycles. The molecule has 0 heterocycles. The standard InChI is InChI=1S/C6H9IO/c7-5-2-1-3-6(8)4-5/h4,6,8H,1-3H2. The smallest absolute Gasteiger partial charge is 0.0731 e. The van der Waals surface area contributed by atoms with Crippen molar-refractivity contribution >= 4 is 22.6 Å². The van der Waals surface area contributed by atoms with E-state index >= 15 is 0 Å². The summed E-state index contributed by atoms with van der Waals surface area (Å²) in [6.07, 6.45) is 5.04. The molecule has 0 aromatic carbocycles. The van der Waals surface area contributed by atoms with Crippen LogP contribution in [0.25, 0.3) is 0 Å². The first-order valence-corrected chi connectivity index (χ1v) is 3.91. The summed E-state index contributed by atoms with van der Waals surface area (Å²) < 4.78 is 1.31. The molecule has 0 aromatic heterocycles.